The molecule has 0 heteroatoms. The minimum absolute atomic E-state index is 0.147. The summed E-state index contributed by atoms with van der Waals surface area (Å²) >= 11 is 0. The van der Waals surface area contributed by atoms with Crippen LogP contribution in [0.15, 0.2) is 146 Å². The Hall–Kier alpha value is -5.72. The molecule has 0 N–H and O–H groups in total. The van der Waals surface area contributed by atoms with Crippen LogP contribution >= 0.6 is 0 Å². The second kappa shape index (κ2) is 8.75. The smallest absolute Gasteiger partial charge is 0.0165 e. The van der Waals surface area contributed by atoms with Crippen LogP contribution in [0.3, 0.4) is 0 Å². The van der Waals surface area contributed by atoms with Crippen LogP contribution in [0.1, 0.15) is 25.0 Å². The largest absolute Gasteiger partial charge is 0.0619 e. The molecule has 0 saturated heterocycles. The topological polar surface area (TPSA) is 0 Å². The van der Waals surface area contributed by atoms with Gasteiger partial charge in [-0.3, -0.25) is 0 Å². The first kappa shape index (κ1) is 25.5. The highest BCUT2D eigenvalue weighted by molar-refractivity contribution is 6.25. The van der Waals surface area contributed by atoms with Gasteiger partial charge in [0.2, 0.25) is 0 Å². The maximum atomic E-state index is 2.46. The Morgan fingerprint density at radius 1 is 0.340 bits per heavy atom. The van der Waals surface area contributed by atoms with Gasteiger partial charge in [-0.1, -0.05) is 135 Å². The van der Waals surface area contributed by atoms with E-state index >= 15 is 0 Å². The van der Waals surface area contributed by atoms with Crippen LogP contribution in [0.25, 0.3) is 98.0 Å². The fraction of sp³-hybridized carbons (Fsp3) is 0.0638. The molecule has 0 amide bonds. The van der Waals surface area contributed by atoms with Gasteiger partial charge in [-0.2, -0.15) is 0 Å². The predicted octanol–water partition coefficient (Wildman–Crippen LogP) is 13.1. The van der Waals surface area contributed by atoms with Crippen LogP contribution in [-0.2, 0) is 5.41 Å². The van der Waals surface area contributed by atoms with Crippen molar-refractivity contribution in [3.63, 3.8) is 0 Å². The Balaban J connectivity index is 1.26. The Morgan fingerprint density at radius 3 is 1.30 bits per heavy atom. The molecule has 0 radical (unpaired) electrons. The third kappa shape index (κ3) is 3.27. The molecule has 218 valence electrons. The molecule has 0 unspecified atom stereocenters. The van der Waals surface area contributed by atoms with E-state index in [0.29, 0.717) is 0 Å². The first-order chi connectivity index (χ1) is 23.0. The van der Waals surface area contributed by atoms with Crippen LogP contribution in [0.2, 0.25) is 0 Å². The van der Waals surface area contributed by atoms with Crippen LogP contribution in [-0.4, -0.2) is 0 Å². The third-order valence-corrected chi connectivity index (χ3v) is 11.2. The number of hydrogen-bond acceptors (Lipinski definition) is 0. The molecule has 0 bridgehead atoms. The molecule has 10 aromatic carbocycles. The van der Waals surface area contributed by atoms with E-state index in [1.54, 1.807) is 0 Å². The van der Waals surface area contributed by atoms with Crippen molar-refractivity contribution < 1.29 is 0 Å². The summed E-state index contributed by atoms with van der Waals surface area (Å²) in [6.45, 7) is 4.83. The number of benzene rings is 10. The van der Waals surface area contributed by atoms with Gasteiger partial charge in [-0.15, -0.1) is 0 Å². The lowest BCUT2D eigenvalue weighted by Gasteiger charge is -2.27. The van der Waals surface area contributed by atoms with Gasteiger partial charge >= 0.3 is 0 Å². The van der Waals surface area contributed by atoms with E-state index in [1.165, 1.54) is 109 Å². The summed E-state index contributed by atoms with van der Waals surface area (Å²) in [7, 11) is 0. The Labute approximate surface area is 273 Å². The van der Waals surface area contributed by atoms with Crippen molar-refractivity contribution in [2.75, 3.05) is 0 Å². The van der Waals surface area contributed by atoms with E-state index in [4.69, 9.17) is 0 Å². The summed E-state index contributed by atoms with van der Waals surface area (Å²) in [5.74, 6) is 0. The van der Waals surface area contributed by atoms with Crippen molar-refractivity contribution in [2.24, 2.45) is 0 Å². The molecule has 0 nitrogen and oxygen atoms in total. The molecule has 0 aliphatic heterocycles. The SMILES string of the molecule is CC1(C)c2ccccc2-c2ccc(-c3cc4ccc5cccc6ccc(c3)c4c56)c(-c3cc4ccc5cccc6ccc(c3)c4c56)c21. The molecule has 0 aromatic heterocycles. The van der Waals surface area contributed by atoms with Crippen molar-refractivity contribution >= 4 is 64.6 Å². The molecule has 0 atom stereocenters. The van der Waals surface area contributed by atoms with E-state index < -0.39 is 0 Å². The van der Waals surface area contributed by atoms with Gasteiger partial charge in [0, 0.05) is 5.41 Å². The summed E-state index contributed by atoms with van der Waals surface area (Å²) in [6.07, 6.45) is 0. The summed E-state index contributed by atoms with van der Waals surface area (Å²) in [5, 5.41) is 15.9. The van der Waals surface area contributed by atoms with Crippen LogP contribution in [0.4, 0.5) is 0 Å². The second-order valence-corrected chi connectivity index (χ2v) is 14.1. The average Bonchev–Trinajstić information content (AvgIpc) is 3.35. The van der Waals surface area contributed by atoms with Gasteiger partial charge < -0.3 is 0 Å². The lowest BCUT2D eigenvalue weighted by molar-refractivity contribution is 0.662. The molecular weight excluding hydrogens is 565 g/mol. The van der Waals surface area contributed by atoms with Gasteiger partial charge in [0.15, 0.2) is 0 Å². The maximum absolute atomic E-state index is 2.46. The van der Waals surface area contributed by atoms with E-state index in [2.05, 4.69) is 159 Å². The molecule has 1 aliphatic rings. The van der Waals surface area contributed by atoms with Gasteiger partial charge in [-0.05, 0) is 133 Å². The highest BCUT2D eigenvalue weighted by atomic mass is 14.4. The summed E-state index contributed by atoms with van der Waals surface area (Å²) in [6, 6.07) is 55.3. The van der Waals surface area contributed by atoms with E-state index in [-0.39, 0.29) is 5.41 Å². The summed E-state index contributed by atoms with van der Waals surface area (Å²) < 4.78 is 0. The molecule has 11 rings (SSSR count). The number of hydrogen-bond donors (Lipinski definition) is 0. The second-order valence-electron chi connectivity index (χ2n) is 14.1. The summed E-state index contributed by atoms with van der Waals surface area (Å²) in [5.41, 5.74) is 10.6. The van der Waals surface area contributed by atoms with Crippen molar-refractivity contribution in [1.29, 1.82) is 0 Å². The first-order valence-corrected chi connectivity index (χ1v) is 16.7. The van der Waals surface area contributed by atoms with Gasteiger partial charge in [0.05, 0.1) is 0 Å². The fourth-order valence-corrected chi connectivity index (χ4v) is 9.22. The third-order valence-electron chi connectivity index (χ3n) is 11.2. The zero-order valence-electron chi connectivity index (χ0n) is 26.4. The van der Waals surface area contributed by atoms with Crippen LogP contribution in [0.5, 0.6) is 0 Å². The Kier molecular flexibility index (Phi) is 4.74. The maximum Gasteiger partial charge on any atom is 0.0165 e. The van der Waals surface area contributed by atoms with Crippen molar-refractivity contribution in [3.05, 3.63) is 157 Å². The minimum atomic E-state index is -0.147. The average molecular weight is 595 g/mol. The van der Waals surface area contributed by atoms with Crippen LogP contribution in [0, 0.1) is 0 Å². The van der Waals surface area contributed by atoms with Crippen LogP contribution < -0.4 is 0 Å². The van der Waals surface area contributed by atoms with E-state index in [1.807, 2.05) is 0 Å². The van der Waals surface area contributed by atoms with Gasteiger partial charge in [-0.25, -0.2) is 0 Å². The molecule has 1 aliphatic carbocycles. The van der Waals surface area contributed by atoms with E-state index in [9.17, 15) is 0 Å². The molecule has 0 heterocycles. The van der Waals surface area contributed by atoms with Gasteiger partial charge in [0.25, 0.3) is 0 Å². The predicted molar refractivity (Wildman–Crippen MR) is 202 cm³/mol. The molecular formula is C47H30. The van der Waals surface area contributed by atoms with Crippen molar-refractivity contribution in [1.82, 2.24) is 0 Å². The summed E-state index contributed by atoms with van der Waals surface area (Å²) in [4.78, 5) is 0. The molecule has 0 fully saturated rings. The lowest BCUT2D eigenvalue weighted by Crippen LogP contribution is -2.16. The molecule has 0 saturated carbocycles. The lowest BCUT2D eigenvalue weighted by atomic mass is 9.76. The highest BCUT2D eigenvalue weighted by Crippen LogP contribution is 2.55. The Morgan fingerprint density at radius 2 is 0.766 bits per heavy atom. The molecule has 0 spiro atoms. The monoisotopic (exact) mass is 594 g/mol. The van der Waals surface area contributed by atoms with Crippen molar-refractivity contribution in [2.45, 2.75) is 19.3 Å². The standard InChI is InChI=1S/C47H30/c1-47(2)40-12-4-3-11-38(40)39-22-21-37(35-23-31-17-13-27-7-5-8-28-14-18-32(24-35)43(31)41(27)28)45(46(39)47)36-25-33-19-15-29-9-6-10-30-16-20-34(26-36)44(33)42(29)30/h3-26H,1-2H3. The normalized spacial score (nSPS) is 13.9. The zero-order chi connectivity index (χ0) is 31.0. The molecule has 47 heavy (non-hydrogen) atoms. The minimum Gasteiger partial charge on any atom is -0.0619 e. The number of fused-ring (bicyclic) bond motifs is 3. The first-order valence-electron chi connectivity index (χ1n) is 16.7. The van der Waals surface area contributed by atoms with E-state index in [0.717, 1.165) is 0 Å². The van der Waals surface area contributed by atoms with Gasteiger partial charge in [0.1, 0.15) is 0 Å². The quantitative estimate of drug-likeness (QED) is 0.175. The Bertz CT molecular complexity index is 2790. The highest BCUT2D eigenvalue weighted by Gasteiger charge is 2.38. The fourth-order valence-electron chi connectivity index (χ4n) is 9.22. The van der Waals surface area contributed by atoms with Crippen molar-refractivity contribution in [3.8, 4) is 33.4 Å². The number of rotatable bonds is 2. The zero-order valence-corrected chi connectivity index (χ0v) is 26.4. The molecule has 10 aromatic rings.